The van der Waals surface area contributed by atoms with Crippen LogP contribution in [0.2, 0.25) is 0 Å². The van der Waals surface area contributed by atoms with Crippen molar-refractivity contribution in [3.8, 4) is 0 Å². The normalized spacial score (nSPS) is 11.5. The standard InChI is InChI=1S/C5H9N5O2.ClH/c6-4(9-5(7)11)1-3-2-8-10-12-3;/h2,4H,1,6H2,(H3,7,9,11);1H. The maximum absolute atomic E-state index is 10.3. The molecule has 1 aromatic rings. The van der Waals surface area contributed by atoms with Crippen LogP contribution in [0, 0.1) is 0 Å². The fourth-order valence-electron chi connectivity index (χ4n) is 0.728. The van der Waals surface area contributed by atoms with E-state index in [0.717, 1.165) is 0 Å². The van der Waals surface area contributed by atoms with Gasteiger partial charge in [-0.25, -0.2) is 4.79 Å². The highest BCUT2D eigenvalue weighted by Crippen LogP contribution is 1.95. The second-order valence-electron chi connectivity index (χ2n) is 2.20. The lowest BCUT2D eigenvalue weighted by molar-refractivity contribution is 0.244. The van der Waals surface area contributed by atoms with E-state index in [1.165, 1.54) is 6.20 Å². The number of hydrogen-bond acceptors (Lipinski definition) is 5. The first-order chi connectivity index (χ1) is 5.68. The zero-order valence-electron chi connectivity index (χ0n) is 6.64. The molecule has 2 amide bonds. The van der Waals surface area contributed by atoms with Gasteiger partial charge in [0.1, 0.15) is 0 Å². The molecule has 0 fully saturated rings. The van der Waals surface area contributed by atoms with Gasteiger partial charge < -0.3 is 21.3 Å². The SMILES string of the molecule is Cl.NC(=O)NC(N)Cc1cnno1. The van der Waals surface area contributed by atoms with Crippen molar-refractivity contribution in [2.75, 3.05) is 0 Å². The van der Waals surface area contributed by atoms with E-state index in [-0.39, 0.29) is 12.4 Å². The van der Waals surface area contributed by atoms with Crippen molar-refractivity contribution in [2.24, 2.45) is 11.5 Å². The summed E-state index contributed by atoms with van der Waals surface area (Å²) in [5.41, 5.74) is 10.3. The van der Waals surface area contributed by atoms with Crippen LogP contribution in [0.5, 0.6) is 0 Å². The van der Waals surface area contributed by atoms with Crippen LogP contribution in [0.4, 0.5) is 4.79 Å². The summed E-state index contributed by atoms with van der Waals surface area (Å²) in [6.07, 6.45) is 1.16. The second-order valence-corrected chi connectivity index (χ2v) is 2.20. The van der Waals surface area contributed by atoms with Crippen molar-refractivity contribution in [1.29, 1.82) is 0 Å². The molecule has 0 bridgehead atoms. The van der Waals surface area contributed by atoms with E-state index in [9.17, 15) is 4.79 Å². The third-order valence-electron chi connectivity index (χ3n) is 1.16. The van der Waals surface area contributed by atoms with Crippen LogP contribution in [0.3, 0.4) is 0 Å². The molecule has 0 saturated heterocycles. The molecule has 13 heavy (non-hydrogen) atoms. The Morgan fingerprint density at radius 1 is 1.77 bits per heavy atom. The van der Waals surface area contributed by atoms with Gasteiger partial charge in [0.15, 0.2) is 5.76 Å². The number of hydrogen-bond donors (Lipinski definition) is 3. The van der Waals surface area contributed by atoms with Gasteiger partial charge in [0.25, 0.3) is 0 Å². The van der Waals surface area contributed by atoms with Gasteiger partial charge in [-0.1, -0.05) is 0 Å². The molecule has 0 aliphatic heterocycles. The first-order valence-corrected chi connectivity index (χ1v) is 3.26. The number of amides is 2. The van der Waals surface area contributed by atoms with Crippen LogP contribution in [0.15, 0.2) is 10.7 Å². The lowest BCUT2D eigenvalue weighted by Crippen LogP contribution is -2.45. The average molecular weight is 208 g/mol. The van der Waals surface area contributed by atoms with Crippen molar-refractivity contribution in [2.45, 2.75) is 12.6 Å². The summed E-state index contributed by atoms with van der Waals surface area (Å²) in [7, 11) is 0. The van der Waals surface area contributed by atoms with Gasteiger partial charge in [-0.15, -0.1) is 17.5 Å². The minimum absolute atomic E-state index is 0. The summed E-state index contributed by atoms with van der Waals surface area (Å²) in [6.45, 7) is 0. The molecule has 0 radical (unpaired) electrons. The first-order valence-electron chi connectivity index (χ1n) is 3.26. The van der Waals surface area contributed by atoms with Gasteiger partial charge in [-0.2, -0.15) is 0 Å². The highest BCUT2D eigenvalue weighted by molar-refractivity contribution is 5.85. The number of halogens is 1. The summed E-state index contributed by atoms with van der Waals surface area (Å²) >= 11 is 0. The Morgan fingerprint density at radius 3 is 2.92 bits per heavy atom. The summed E-state index contributed by atoms with van der Waals surface area (Å²) in [6, 6.07) is -0.671. The van der Waals surface area contributed by atoms with Crippen molar-refractivity contribution in [3.05, 3.63) is 12.0 Å². The first kappa shape index (κ1) is 11.7. The number of carbonyl (C=O) groups excluding carboxylic acids is 1. The Labute approximate surface area is 80.2 Å². The molecule has 7 nitrogen and oxygen atoms in total. The molecule has 0 saturated carbocycles. The molecule has 1 heterocycles. The number of rotatable bonds is 3. The molecule has 1 atom stereocenters. The van der Waals surface area contributed by atoms with Crippen LogP contribution in [-0.4, -0.2) is 22.6 Å². The van der Waals surface area contributed by atoms with Gasteiger partial charge in [-0.3, -0.25) is 0 Å². The van der Waals surface area contributed by atoms with E-state index < -0.39 is 12.2 Å². The monoisotopic (exact) mass is 207 g/mol. The summed E-state index contributed by atoms with van der Waals surface area (Å²) < 4.78 is 4.65. The molecular weight excluding hydrogens is 198 g/mol. The number of aromatic nitrogens is 2. The number of carbonyl (C=O) groups is 1. The second kappa shape index (κ2) is 5.33. The van der Waals surface area contributed by atoms with Crippen molar-refractivity contribution < 1.29 is 9.32 Å². The molecule has 1 unspecified atom stereocenters. The third kappa shape index (κ3) is 4.28. The zero-order chi connectivity index (χ0) is 8.97. The van der Waals surface area contributed by atoms with Crippen LogP contribution in [0.25, 0.3) is 0 Å². The van der Waals surface area contributed by atoms with E-state index in [2.05, 4.69) is 20.2 Å². The highest BCUT2D eigenvalue weighted by Gasteiger charge is 2.07. The van der Waals surface area contributed by atoms with Gasteiger partial charge in [0.2, 0.25) is 0 Å². The smallest absolute Gasteiger partial charge is 0.313 e. The van der Waals surface area contributed by atoms with Gasteiger partial charge in [-0.05, 0) is 0 Å². The maximum atomic E-state index is 10.3. The average Bonchev–Trinajstić information content (AvgIpc) is 2.37. The van der Waals surface area contributed by atoms with Gasteiger partial charge in [0, 0.05) is 11.7 Å². The summed E-state index contributed by atoms with van der Waals surface area (Å²) in [5.74, 6) is 0.497. The number of nitrogens with one attached hydrogen (secondary N) is 1. The van der Waals surface area contributed by atoms with Crippen molar-refractivity contribution in [3.63, 3.8) is 0 Å². The number of urea groups is 1. The Kier molecular flexibility index (Phi) is 4.78. The Bertz CT molecular complexity index is 251. The minimum Gasteiger partial charge on any atom is -0.352 e. The molecule has 5 N–H and O–H groups in total. The molecule has 1 aromatic heterocycles. The largest absolute Gasteiger partial charge is 0.352 e. The third-order valence-corrected chi connectivity index (χ3v) is 1.16. The lowest BCUT2D eigenvalue weighted by Gasteiger charge is -2.08. The van der Waals surface area contributed by atoms with Gasteiger partial charge >= 0.3 is 6.03 Å². The summed E-state index contributed by atoms with van der Waals surface area (Å²) in [4.78, 5) is 10.3. The van der Waals surface area contributed by atoms with Crippen molar-refractivity contribution in [1.82, 2.24) is 15.7 Å². The Hall–Kier alpha value is -1.34. The molecular formula is C5H10ClN5O2. The molecule has 74 valence electrons. The van der Waals surface area contributed by atoms with E-state index in [1.54, 1.807) is 0 Å². The lowest BCUT2D eigenvalue weighted by atomic mass is 10.3. The summed E-state index contributed by atoms with van der Waals surface area (Å²) in [5, 5.41) is 8.95. The van der Waals surface area contributed by atoms with E-state index in [4.69, 9.17) is 11.5 Å². The predicted molar refractivity (Wildman–Crippen MR) is 45.9 cm³/mol. The Balaban J connectivity index is 0.00000144. The van der Waals surface area contributed by atoms with Crippen molar-refractivity contribution >= 4 is 18.4 Å². The number of nitrogens with two attached hydrogens (primary N) is 2. The Morgan fingerprint density at radius 2 is 2.46 bits per heavy atom. The number of nitrogens with zero attached hydrogens (tertiary/aromatic N) is 2. The molecule has 0 aliphatic rings. The molecule has 1 rings (SSSR count). The van der Waals surface area contributed by atoms with E-state index >= 15 is 0 Å². The highest BCUT2D eigenvalue weighted by atomic mass is 35.5. The topological polar surface area (TPSA) is 120 Å². The molecule has 0 aliphatic carbocycles. The van der Waals surface area contributed by atoms with E-state index in [1.807, 2.05) is 0 Å². The molecule has 0 aromatic carbocycles. The van der Waals surface area contributed by atoms with Gasteiger partial charge in [0.05, 0.1) is 12.4 Å². The number of primary amides is 1. The van der Waals surface area contributed by atoms with Crippen LogP contribution in [-0.2, 0) is 6.42 Å². The fourth-order valence-corrected chi connectivity index (χ4v) is 0.728. The predicted octanol–water partition coefficient (Wildman–Crippen LogP) is -1.01. The maximum Gasteiger partial charge on any atom is 0.313 e. The van der Waals surface area contributed by atoms with Crippen LogP contribution in [0.1, 0.15) is 5.76 Å². The van der Waals surface area contributed by atoms with Crippen LogP contribution >= 0.6 is 12.4 Å². The van der Waals surface area contributed by atoms with Crippen LogP contribution < -0.4 is 16.8 Å². The zero-order valence-corrected chi connectivity index (χ0v) is 7.45. The quantitative estimate of drug-likeness (QED) is 0.549. The van der Waals surface area contributed by atoms with E-state index in [0.29, 0.717) is 12.2 Å². The fraction of sp³-hybridized carbons (Fsp3) is 0.400. The minimum atomic E-state index is -0.671. The molecule has 0 spiro atoms. The molecule has 8 heteroatoms.